The Bertz CT molecular complexity index is 1120. The molecule has 1 N–H and O–H groups in total. The normalized spacial score (nSPS) is 20.0. The highest BCUT2D eigenvalue weighted by atomic mass is 16.5. The van der Waals surface area contributed by atoms with E-state index >= 15 is 0 Å². The summed E-state index contributed by atoms with van der Waals surface area (Å²) < 4.78 is 11.3. The van der Waals surface area contributed by atoms with Crippen LogP contribution in [0.1, 0.15) is 35.2 Å². The summed E-state index contributed by atoms with van der Waals surface area (Å²) in [5.74, 6) is 1.65. The third-order valence-electron chi connectivity index (χ3n) is 5.85. The van der Waals surface area contributed by atoms with Crippen molar-refractivity contribution in [3.63, 3.8) is 0 Å². The molecular weight excluding hydrogens is 382 g/mol. The summed E-state index contributed by atoms with van der Waals surface area (Å²) in [5.41, 5.74) is 3.92. The average molecular weight is 405 g/mol. The molecule has 1 aliphatic carbocycles. The molecule has 1 aliphatic heterocycles. The van der Waals surface area contributed by atoms with Crippen LogP contribution in [0.4, 0.5) is 5.82 Å². The van der Waals surface area contributed by atoms with Gasteiger partial charge in [-0.05, 0) is 31.7 Å². The molecular formula is C22H23N5O3. The Morgan fingerprint density at radius 3 is 3.10 bits per heavy atom. The van der Waals surface area contributed by atoms with E-state index in [-0.39, 0.29) is 11.8 Å². The lowest BCUT2D eigenvalue weighted by atomic mass is 9.87. The smallest absolute Gasteiger partial charge is 0.192 e. The second-order valence-electron chi connectivity index (χ2n) is 7.59. The minimum Gasteiger partial charge on any atom is -0.504 e. The molecule has 1 fully saturated rings. The number of carbonyl (C=O) groups is 1. The molecule has 1 saturated heterocycles. The van der Waals surface area contributed by atoms with Gasteiger partial charge >= 0.3 is 0 Å². The van der Waals surface area contributed by atoms with Gasteiger partial charge in [-0.2, -0.15) is 0 Å². The van der Waals surface area contributed by atoms with Crippen molar-refractivity contribution in [2.24, 2.45) is 0 Å². The maximum absolute atomic E-state index is 12.7. The number of hydrogen-bond donors (Lipinski definition) is 1. The van der Waals surface area contributed by atoms with E-state index in [0.29, 0.717) is 24.2 Å². The lowest BCUT2D eigenvalue weighted by Crippen LogP contribution is -2.35. The van der Waals surface area contributed by atoms with Crippen molar-refractivity contribution in [3.05, 3.63) is 53.8 Å². The molecule has 0 radical (unpaired) electrons. The molecule has 8 nitrogen and oxygen atoms in total. The highest BCUT2D eigenvalue weighted by molar-refractivity contribution is 6.11. The predicted molar refractivity (Wildman–Crippen MR) is 112 cm³/mol. The first kappa shape index (κ1) is 18.6. The first-order valence-electron chi connectivity index (χ1n) is 10.2. The second-order valence-corrected chi connectivity index (χ2v) is 7.59. The van der Waals surface area contributed by atoms with Gasteiger partial charge in [0.25, 0.3) is 0 Å². The highest BCUT2D eigenvalue weighted by Crippen LogP contribution is 2.33. The summed E-state index contributed by atoms with van der Waals surface area (Å²) >= 11 is 0. The van der Waals surface area contributed by atoms with Gasteiger partial charge in [0.2, 0.25) is 0 Å². The molecule has 1 aromatic carbocycles. The maximum atomic E-state index is 12.7. The van der Waals surface area contributed by atoms with Crippen LogP contribution in [0.15, 0.2) is 42.7 Å². The fraction of sp³-hybridized carbons (Fsp3) is 0.364. The van der Waals surface area contributed by atoms with Crippen LogP contribution in [0, 0.1) is 0 Å². The van der Waals surface area contributed by atoms with Gasteiger partial charge in [-0.15, -0.1) is 0 Å². The third-order valence-corrected chi connectivity index (χ3v) is 5.85. The number of methoxy groups -OCH3 is 1. The number of Topliss-reactive ketones (excluding diaryl/α,β-unsaturated/α-hetero) is 1. The predicted octanol–water partition coefficient (Wildman–Crippen LogP) is 3.06. The molecule has 30 heavy (non-hydrogen) atoms. The zero-order valence-electron chi connectivity index (χ0n) is 16.8. The standard InChI is InChI=1S/C22H23N5O3/c1-29-10-14-7-8-16-17(20(14)28)5-2-6-18(16)30-11-15-4-3-9-27(15)22-19-21(24-12-23-19)25-13-26-22/h2,5-6,10,12-13,15H,3-4,7-9,11H2,1H3,(H,23,24,25,26)/t15-/m1/s1. The Morgan fingerprint density at radius 1 is 1.27 bits per heavy atom. The number of imidazole rings is 1. The number of benzene rings is 1. The van der Waals surface area contributed by atoms with E-state index in [9.17, 15) is 4.79 Å². The molecule has 1 atom stereocenters. The Balaban J connectivity index is 1.36. The number of ketones is 1. The van der Waals surface area contributed by atoms with Crippen molar-refractivity contribution < 1.29 is 14.3 Å². The zero-order valence-corrected chi connectivity index (χ0v) is 16.8. The number of nitrogens with zero attached hydrogens (tertiary/aromatic N) is 4. The summed E-state index contributed by atoms with van der Waals surface area (Å²) in [6, 6.07) is 5.89. The molecule has 5 rings (SSSR count). The number of nitrogens with one attached hydrogen (secondary N) is 1. The molecule has 0 unspecified atom stereocenters. The third kappa shape index (κ3) is 3.18. The van der Waals surface area contributed by atoms with Crippen LogP contribution in [-0.4, -0.2) is 52.0 Å². The molecule has 154 valence electrons. The summed E-state index contributed by atoms with van der Waals surface area (Å²) in [6.45, 7) is 1.44. The lowest BCUT2D eigenvalue weighted by Gasteiger charge is -2.27. The van der Waals surface area contributed by atoms with Crippen LogP contribution in [0.3, 0.4) is 0 Å². The second kappa shape index (κ2) is 7.78. The van der Waals surface area contributed by atoms with Crippen molar-refractivity contribution in [2.75, 3.05) is 25.2 Å². The number of aromatic amines is 1. The van der Waals surface area contributed by atoms with E-state index in [0.717, 1.165) is 54.1 Å². The number of ether oxygens (including phenoxy) is 2. The van der Waals surface area contributed by atoms with Crippen molar-refractivity contribution in [1.82, 2.24) is 19.9 Å². The van der Waals surface area contributed by atoms with Gasteiger partial charge in [-0.25, -0.2) is 15.0 Å². The van der Waals surface area contributed by atoms with Crippen molar-refractivity contribution in [2.45, 2.75) is 31.7 Å². The summed E-state index contributed by atoms with van der Waals surface area (Å²) in [7, 11) is 1.57. The van der Waals surface area contributed by atoms with Gasteiger partial charge in [0.15, 0.2) is 17.2 Å². The first-order chi connectivity index (χ1) is 14.8. The average Bonchev–Trinajstić information content (AvgIpc) is 3.43. The molecule has 8 heteroatoms. The highest BCUT2D eigenvalue weighted by Gasteiger charge is 2.30. The molecule has 0 bridgehead atoms. The SMILES string of the molecule is COC=C1CCc2c(OC[C@H]3CCCN3c3ncnc4[nH]cnc34)cccc2C1=O. The van der Waals surface area contributed by atoms with Crippen LogP contribution < -0.4 is 9.64 Å². The molecule has 0 spiro atoms. The lowest BCUT2D eigenvalue weighted by molar-refractivity contribution is 0.102. The van der Waals surface area contributed by atoms with E-state index in [2.05, 4.69) is 24.8 Å². The largest absolute Gasteiger partial charge is 0.504 e. The van der Waals surface area contributed by atoms with Crippen LogP contribution in [-0.2, 0) is 11.2 Å². The van der Waals surface area contributed by atoms with Crippen molar-refractivity contribution >= 4 is 22.8 Å². The molecule has 0 amide bonds. The summed E-state index contributed by atoms with van der Waals surface area (Å²) in [5, 5.41) is 0. The number of rotatable bonds is 5. The van der Waals surface area contributed by atoms with Gasteiger partial charge in [-0.3, -0.25) is 4.79 Å². The van der Waals surface area contributed by atoms with Gasteiger partial charge in [-0.1, -0.05) is 12.1 Å². The van der Waals surface area contributed by atoms with Crippen LogP contribution in [0.5, 0.6) is 5.75 Å². The minimum atomic E-state index is 0.0213. The molecule has 2 aliphatic rings. The first-order valence-corrected chi connectivity index (χ1v) is 10.2. The monoisotopic (exact) mass is 405 g/mol. The Labute approximate surface area is 173 Å². The van der Waals surface area contributed by atoms with Crippen LogP contribution in [0.2, 0.25) is 0 Å². The Kier molecular flexibility index (Phi) is 4.82. The molecule has 3 heterocycles. The number of anilines is 1. The van der Waals surface area contributed by atoms with Crippen molar-refractivity contribution in [1.29, 1.82) is 0 Å². The molecule has 0 saturated carbocycles. The minimum absolute atomic E-state index is 0.0213. The summed E-state index contributed by atoms with van der Waals surface area (Å²) in [4.78, 5) is 31.1. The van der Waals surface area contributed by atoms with Gasteiger partial charge in [0.05, 0.1) is 25.7 Å². The van der Waals surface area contributed by atoms with E-state index in [1.807, 2.05) is 18.2 Å². The number of carbonyl (C=O) groups excluding carboxylic acids is 1. The Morgan fingerprint density at radius 2 is 2.20 bits per heavy atom. The van der Waals surface area contributed by atoms with E-state index < -0.39 is 0 Å². The van der Waals surface area contributed by atoms with Gasteiger partial charge < -0.3 is 19.4 Å². The summed E-state index contributed by atoms with van der Waals surface area (Å²) in [6.07, 6.45) is 8.27. The maximum Gasteiger partial charge on any atom is 0.192 e. The fourth-order valence-electron chi connectivity index (χ4n) is 4.41. The van der Waals surface area contributed by atoms with Crippen molar-refractivity contribution in [3.8, 4) is 5.75 Å². The number of hydrogen-bond acceptors (Lipinski definition) is 7. The Hall–Kier alpha value is -3.42. The zero-order chi connectivity index (χ0) is 20.5. The number of allylic oxidation sites excluding steroid dienone is 1. The fourth-order valence-corrected chi connectivity index (χ4v) is 4.41. The van der Waals surface area contributed by atoms with E-state index in [4.69, 9.17) is 9.47 Å². The van der Waals surface area contributed by atoms with E-state index in [1.54, 1.807) is 26.0 Å². The number of fused-ring (bicyclic) bond motifs is 2. The number of H-pyrrole nitrogens is 1. The van der Waals surface area contributed by atoms with E-state index in [1.165, 1.54) is 0 Å². The molecule has 3 aromatic rings. The van der Waals surface area contributed by atoms with Crippen LogP contribution in [0.25, 0.3) is 11.2 Å². The quantitative estimate of drug-likeness (QED) is 0.515. The topological polar surface area (TPSA) is 93.2 Å². The van der Waals surface area contributed by atoms with Gasteiger partial charge in [0.1, 0.15) is 24.2 Å². The van der Waals surface area contributed by atoms with Gasteiger partial charge in [0, 0.05) is 23.2 Å². The van der Waals surface area contributed by atoms with Crippen LogP contribution >= 0.6 is 0 Å². The number of aromatic nitrogens is 4. The molecule has 2 aromatic heterocycles.